The van der Waals surface area contributed by atoms with E-state index in [4.69, 9.17) is 24.7 Å². The summed E-state index contributed by atoms with van der Waals surface area (Å²) >= 11 is 0. The fourth-order valence-corrected chi connectivity index (χ4v) is 4.65. The molecule has 0 radical (unpaired) electrons. The molecule has 14 heteroatoms. The molecule has 5 rings (SSSR count). The van der Waals surface area contributed by atoms with Crippen molar-refractivity contribution in [2.24, 2.45) is 5.73 Å². The van der Waals surface area contributed by atoms with E-state index in [1.54, 1.807) is 6.92 Å². The summed E-state index contributed by atoms with van der Waals surface area (Å²) in [5, 5.41) is 0. The van der Waals surface area contributed by atoms with Crippen molar-refractivity contribution in [2.75, 3.05) is 13.7 Å². The highest BCUT2D eigenvalue weighted by Crippen LogP contribution is 2.42. The molecule has 3 heterocycles. The number of nitrogens with two attached hydrogens (primary N) is 1. The molecule has 0 aliphatic heterocycles. The van der Waals surface area contributed by atoms with Gasteiger partial charge in [-0.05, 0) is 24.1 Å². The van der Waals surface area contributed by atoms with Gasteiger partial charge in [-0.3, -0.25) is 0 Å². The Kier molecular flexibility index (Phi) is 8.51. The van der Waals surface area contributed by atoms with E-state index < -0.39 is 24.7 Å². The van der Waals surface area contributed by atoms with Gasteiger partial charge in [-0.1, -0.05) is 37.3 Å². The largest absolute Gasteiger partial charge is 0.494 e. The van der Waals surface area contributed by atoms with Crippen LogP contribution in [-0.2, 0) is 13.0 Å². The smallest absolute Gasteiger partial charge is 0.422 e. The molecule has 2 N–H and O–H groups in total. The number of carbonyl (C=O) groups is 1. The lowest BCUT2D eigenvalue weighted by molar-refractivity contribution is -0.153. The lowest BCUT2D eigenvalue weighted by atomic mass is 10.1. The van der Waals surface area contributed by atoms with E-state index in [0.29, 0.717) is 17.7 Å². The zero-order valence-electron chi connectivity index (χ0n) is 23.4. The number of aryl methyl sites for hydroxylation is 1. The number of ether oxygens (including phenoxy) is 4. The number of benzene rings is 2. The summed E-state index contributed by atoms with van der Waals surface area (Å²) in [6, 6.07) is 14.6. The molecule has 2 aromatic carbocycles. The number of carbonyl (C=O) groups excluding carboxylic acids is 1. The summed E-state index contributed by atoms with van der Waals surface area (Å²) in [5.74, 6) is -1.05. The lowest BCUT2D eigenvalue weighted by Crippen LogP contribution is -2.20. The molecule has 0 spiro atoms. The number of primary amides is 1. The first-order chi connectivity index (χ1) is 21.1. The third-order valence-electron chi connectivity index (χ3n) is 6.43. The third kappa shape index (κ3) is 6.33. The van der Waals surface area contributed by atoms with E-state index in [-0.39, 0.29) is 52.2 Å². The number of nitrogens with zero attached hydrogens (tertiary/aromatic N) is 4. The molecule has 0 saturated carbocycles. The number of amides is 1. The average Bonchev–Trinajstić information content (AvgIpc) is 3.33. The standard InChI is InChI=1S/C30H25F4N5O5/c1-3-20-24-27(28(38-16-37-24)43-15-30(32,33)34)39(26(20)25-23(41-2)12-19(13-36-25)44-29(35)40)18-9-10-22(21(31)11-18)42-14-17-7-5-4-6-8-17/h4-13,16H,3,14-15H2,1-2H3,(H2,35,40). The van der Waals surface area contributed by atoms with Crippen LogP contribution in [0.2, 0.25) is 0 Å². The first-order valence-corrected chi connectivity index (χ1v) is 13.2. The lowest BCUT2D eigenvalue weighted by Gasteiger charge is -2.17. The molecule has 0 aliphatic rings. The van der Waals surface area contributed by atoms with Crippen molar-refractivity contribution in [1.29, 1.82) is 0 Å². The van der Waals surface area contributed by atoms with Crippen molar-refractivity contribution < 1.29 is 41.3 Å². The molecule has 10 nitrogen and oxygen atoms in total. The minimum Gasteiger partial charge on any atom is -0.494 e. The molecule has 0 bridgehead atoms. The van der Waals surface area contributed by atoms with Crippen LogP contribution in [0.15, 0.2) is 67.1 Å². The second kappa shape index (κ2) is 12.5. The minimum atomic E-state index is -4.66. The highest BCUT2D eigenvalue weighted by atomic mass is 19.4. The number of fused-ring (bicyclic) bond motifs is 1. The van der Waals surface area contributed by atoms with Crippen LogP contribution in [-0.4, -0.2) is 45.5 Å². The van der Waals surface area contributed by atoms with Gasteiger partial charge in [0, 0.05) is 23.4 Å². The highest BCUT2D eigenvalue weighted by molar-refractivity contribution is 5.94. The van der Waals surface area contributed by atoms with E-state index in [2.05, 4.69) is 15.0 Å². The van der Waals surface area contributed by atoms with E-state index >= 15 is 4.39 Å². The minimum absolute atomic E-state index is 0.0150. The van der Waals surface area contributed by atoms with E-state index in [1.807, 2.05) is 30.3 Å². The fourth-order valence-electron chi connectivity index (χ4n) is 4.65. The van der Waals surface area contributed by atoms with Crippen LogP contribution in [0.25, 0.3) is 28.1 Å². The predicted octanol–water partition coefficient (Wildman–Crippen LogP) is 6.17. The second-order valence-corrected chi connectivity index (χ2v) is 9.33. The normalized spacial score (nSPS) is 11.4. The van der Waals surface area contributed by atoms with Gasteiger partial charge < -0.3 is 29.2 Å². The monoisotopic (exact) mass is 611 g/mol. The van der Waals surface area contributed by atoms with Crippen LogP contribution in [0, 0.1) is 5.82 Å². The number of halogens is 4. The maximum atomic E-state index is 15.5. The molecule has 0 fully saturated rings. The molecule has 0 atom stereocenters. The first-order valence-electron chi connectivity index (χ1n) is 13.2. The van der Waals surface area contributed by atoms with Crippen LogP contribution in [0.4, 0.5) is 22.4 Å². The Morgan fingerprint density at radius 1 is 1.00 bits per heavy atom. The van der Waals surface area contributed by atoms with E-state index in [0.717, 1.165) is 11.9 Å². The molecule has 228 valence electrons. The number of hydrogen-bond acceptors (Lipinski definition) is 8. The first kappa shape index (κ1) is 30.1. The molecule has 3 aromatic heterocycles. The number of pyridine rings is 1. The van der Waals surface area contributed by atoms with Crippen molar-refractivity contribution >= 4 is 17.1 Å². The van der Waals surface area contributed by atoms with Gasteiger partial charge in [-0.15, -0.1) is 0 Å². The van der Waals surface area contributed by atoms with Gasteiger partial charge in [0.15, 0.2) is 23.9 Å². The molecular formula is C30H25F4N5O5. The molecule has 5 aromatic rings. The van der Waals surface area contributed by atoms with Crippen LogP contribution in [0.3, 0.4) is 0 Å². The van der Waals surface area contributed by atoms with Crippen LogP contribution >= 0.6 is 0 Å². The summed E-state index contributed by atoms with van der Waals surface area (Å²) < 4.78 is 77.8. The van der Waals surface area contributed by atoms with Crippen molar-refractivity contribution in [1.82, 2.24) is 19.5 Å². The number of aromatic nitrogens is 4. The number of rotatable bonds is 10. The molecule has 1 amide bonds. The van der Waals surface area contributed by atoms with Crippen molar-refractivity contribution in [2.45, 2.75) is 26.1 Å². The Balaban J connectivity index is 1.72. The summed E-state index contributed by atoms with van der Waals surface area (Å²) in [6.45, 7) is 0.292. The van der Waals surface area contributed by atoms with Crippen molar-refractivity contribution in [3.05, 3.63) is 84.1 Å². The second-order valence-electron chi connectivity index (χ2n) is 9.33. The van der Waals surface area contributed by atoms with E-state index in [1.165, 1.54) is 42.1 Å². The zero-order valence-corrected chi connectivity index (χ0v) is 23.4. The SMILES string of the molecule is CCc1c(-c2ncc(OC(N)=O)cc2OC)n(-c2ccc(OCc3ccccc3)c(F)c2)c2c(OCC(F)(F)F)ncnc12. The molecule has 0 unspecified atom stereocenters. The molecular weight excluding hydrogens is 586 g/mol. The van der Waals surface area contributed by atoms with Crippen LogP contribution < -0.4 is 24.7 Å². The Hall–Kier alpha value is -5.40. The van der Waals surface area contributed by atoms with Gasteiger partial charge in [0.25, 0.3) is 0 Å². The van der Waals surface area contributed by atoms with Gasteiger partial charge in [-0.2, -0.15) is 18.2 Å². The number of hydrogen-bond donors (Lipinski definition) is 1. The topological polar surface area (TPSA) is 124 Å². The van der Waals surface area contributed by atoms with Gasteiger partial charge in [0.05, 0.1) is 24.5 Å². The van der Waals surface area contributed by atoms with Crippen LogP contribution in [0.5, 0.6) is 23.1 Å². The maximum absolute atomic E-state index is 15.5. The van der Waals surface area contributed by atoms with Gasteiger partial charge in [0.1, 0.15) is 29.9 Å². The Morgan fingerprint density at radius 3 is 2.43 bits per heavy atom. The summed E-state index contributed by atoms with van der Waals surface area (Å²) in [7, 11) is 1.35. The van der Waals surface area contributed by atoms with Gasteiger partial charge >= 0.3 is 12.3 Å². The van der Waals surface area contributed by atoms with Crippen molar-refractivity contribution in [3.63, 3.8) is 0 Å². The average molecular weight is 612 g/mol. The Morgan fingerprint density at radius 2 is 1.77 bits per heavy atom. The fraction of sp³-hybridized carbons (Fsp3) is 0.200. The highest BCUT2D eigenvalue weighted by Gasteiger charge is 2.31. The third-order valence-corrected chi connectivity index (χ3v) is 6.43. The molecule has 0 saturated heterocycles. The summed E-state index contributed by atoms with van der Waals surface area (Å²) in [6.07, 6.45) is -3.11. The quantitative estimate of drug-likeness (QED) is 0.186. The Bertz CT molecular complexity index is 1810. The van der Waals surface area contributed by atoms with Gasteiger partial charge in [0.2, 0.25) is 5.88 Å². The Labute approximate surface area is 248 Å². The summed E-state index contributed by atoms with van der Waals surface area (Å²) in [4.78, 5) is 24.0. The maximum Gasteiger partial charge on any atom is 0.422 e. The molecule has 44 heavy (non-hydrogen) atoms. The number of methoxy groups -OCH3 is 1. The molecule has 0 aliphatic carbocycles. The summed E-state index contributed by atoms with van der Waals surface area (Å²) in [5.41, 5.74) is 7.45. The van der Waals surface area contributed by atoms with Gasteiger partial charge in [-0.25, -0.2) is 19.2 Å². The van der Waals surface area contributed by atoms with Crippen LogP contribution in [0.1, 0.15) is 18.1 Å². The number of alkyl halides is 3. The van der Waals surface area contributed by atoms with Crippen molar-refractivity contribution in [3.8, 4) is 40.2 Å². The zero-order chi connectivity index (χ0) is 31.4. The predicted molar refractivity (Wildman–Crippen MR) is 151 cm³/mol. The van der Waals surface area contributed by atoms with E-state index in [9.17, 15) is 18.0 Å².